The minimum absolute atomic E-state index is 0.0355. The van der Waals surface area contributed by atoms with Gasteiger partial charge in [-0.1, -0.05) is 42.5 Å². The third kappa shape index (κ3) is 4.23. The molecule has 0 aliphatic carbocycles. The first-order chi connectivity index (χ1) is 14.9. The maximum atomic E-state index is 14.0. The van der Waals surface area contributed by atoms with Crippen molar-refractivity contribution in [3.05, 3.63) is 108 Å². The Kier molecular flexibility index (Phi) is 5.37. The number of nitrogens with two attached hydrogens (primary N) is 1. The molecule has 31 heavy (non-hydrogen) atoms. The van der Waals surface area contributed by atoms with Gasteiger partial charge in [-0.25, -0.2) is 4.39 Å². The van der Waals surface area contributed by atoms with Crippen molar-refractivity contribution in [1.82, 2.24) is 4.57 Å². The maximum absolute atomic E-state index is 14.0. The first-order valence-electron chi connectivity index (χ1n) is 9.72. The predicted octanol–water partition coefficient (Wildman–Crippen LogP) is 5.13. The number of carbonyl (C=O) groups is 1. The molecule has 0 aliphatic rings. The summed E-state index contributed by atoms with van der Waals surface area (Å²) in [5.41, 5.74) is 10.1. The summed E-state index contributed by atoms with van der Waals surface area (Å²) in [7, 11) is 0. The molecule has 0 atom stereocenters. The Balaban J connectivity index is 1.59. The Labute approximate surface area is 179 Å². The number of nitrogens with one attached hydrogen (secondary N) is 2. The number of nitrogen functional groups attached to an aromatic ring is 1. The summed E-state index contributed by atoms with van der Waals surface area (Å²) in [6.45, 7) is 1.91. The molecule has 6 heteroatoms. The van der Waals surface area contributed by atoms with Crippen LogP contribution in [0.1, 0.15) is 21.6 Å². The van der Waals surface area contributed by atoms with Crippen LogP contribution in [0.3, 0.4) is 0 Å². The van der Waals surface area contributed by atoms with Gasteiger partial charge in [0.15, 0.2) is 0 Å². The molecule has 0 saturated carbocycles. The van der Waals surface area contributed by atoms with Gasteiger partial charge in [0, 0.05) is 28.7 Å². The van der Waals surface area contributed by atoms with Crippen LogP contribution in [-0.2, 0) is 0 Å². The molecular weight excluding hydrogens is 391 g/mol. The average molecular weight is 412 g/mol. The number of rotatable bonds is 5. The third-order valence-electron chi connectivity index (χ3n) is 4.95. The monoisotopic (exact) mass is 412 g/mol. The van der Waals surface area contributed by atoms with Gasteiger partial charge < -0.3 is 15.6 Å². The summed E-state index contributed by atoms with van der Waals surface area (Å²) in [6, 6.07) is 22.6. The zero-order chi connectivity index (χ0) is 22.0. The topological polar surface area (TPSA) is 83.9 Å². The summed E-state index contributed by atoms with van der Waals surface area (Å²) in [5, 5.41) is 10.5. The number of anilines is 1. The highest BCUT2D eigenvalue weighted by molar-refractivity contribution is 6.04. The number of hydrogen-bond donors (Lipinski definition) is 3. The average Bonchev–Trinajstić information content (AvgIpc) is 3.17. The molecule has 1 aromatic heterocycles. The van der Waals surface area contributed by atoms with Crippen LogP contribution in [-0.4, -0.2) is 16.3 Å². The van der Waals surface area contributed by atoms with E-state index in [1.165, 1.54) is 6.07 Å². The number of halogens is 1. The summed E-state index contributed by atoms with van der Waals surface area (Å²) in [4.78, 5) is 13.0. The van der Waals surface area contributed by atoms with Gasteiger partial charge in [-0.05, 0) is 54.4 Å². The number of amidine groups is 1. The smallest absolute Gasteiger partial charge is 0.272 e. The molecule has 0 bridgehead atoms. The van der Waals surface area contributed by atoms with Gasteiger partial charge in [0.05, 0.1) is 0 Å². The Morgan fingerprint density at radius 2 is 1.74 bits per heavy atom. The van der Waals surface area contributed by atoms with Gasteiger partial charge >= 0.3 is 0 Å². The van der Waals surface area contributed by atoms with E-state index in [1.54, 1.807) is 71.3 Å². The lowest BCUT2D eigenvalue weighted by atomic mass is 10.0. The van der Waals surface area contributed by atoms with Crippen molar-refractivity contribution in [1.29, 1.82) is 5.41 Å². The Bertz CT molecular complexity index is 1270. The van der Waals surface area contributed by atoms with E-state index >= 15 is 0 Å². The zero-order valence-electron chi connectivity index (χ0n) is 16.9. The van der Waals surface area contributed by atoms with E-state index in [2.05, 4.69) is 5.32 Å². The third-order valence-corrected chi connectivity index (χ3v) is 4.95. The van der Waals surface area contributed by atoms with Crippen molar-refractivity contribution in [2.45, 2.75) is 6.92 Å². The van der Waals surface area contributed by atoms with E-state index < -0.39 is 0 Å². The molecule has 4 rings (SSSR count). The molecule has 3 aromatic carbocycles. The van der Waals surface area contributed by atoms with Gasteiger partial charge in [-0.15, -0.1) is 0 Å². The molecule has 1 amide bonds. The van der Waals surface area contributed by atoms with Crippen LogP contribution in [0.25, 0.3) is 16.8 Å². The Morgan fingerprint density at radius 1 is 1.00 bits per heavy atom. The van der Waals surface area contributed by atoms with Crippen molar-refractivity contribution in [3.8, 4) is 16.8 Å². The number of aromatic nitrogens is 1. The normalized spacial score (nSPS) is 10.6. The lowest BCUT2D eigenvalue weighted by Gasteiger charge is -2.11. The maximum Gasteiger partial charge on any atom is 0.272 e. The molecular formula is C25H21FN4O. The van der Waals surface area contributed by atoms with Gasteiger partial charge in [0.25, 0.3) is 5.91 Å². The standard InChI is InChI=1S/C25H21FN4O/c1-16-13-23(30(15-16)20-6-4-5-18(14-20)24(27)28)25(31)29-19-11-9-17(10-12-19)21-7-2-3-8-22(21)26/h2-15H,1H3,(H3,27,28)(H,29,31). The fourth-order valence-electron chi connectivity index (χ4n) is 3.43. The molecule has 5 nitrogen and oxygen atoms in total. The van der Waals surface area contributed by atoms with E-state index in [9.17, 15) is 9.18 Å². The summed E-state index contributed by atoms with van der Waals surface area (Å²) < 4.78 is 15.8. The van der Waals surface area contributed by atoms with E-state index in [1.807, 2.05) is 19.2 Å². The van der Waals surface area contributed by atoms with Crippen LogP contribution in [0.15, 0.2) is 85.1 Å². The van der Waals surface area contributed by atoms with Crippen LogP contribution in [0.5, 0.6) is 0 Å². The van der Waals surface area contributed by atoms with Crippen molar-refractivity contribution in [3.63, 3.8) is 0 Å². The van der Waals surface area contributed by atoms with Crippen LogP contribution in [0.2, 0.25) is 0 Å². The van der Waals surface area contributed by atoms with Crippen LogP contribution in [0, 0.1) is 18.2 Å². The molecule has 0 spiro atoms. The Morgan fingerprint density at radius 3 is 2.45 bits per heavy atom. The minimum atomic E-state index is -0.291. The lowest BCUT2D eigenvalue weighted by molar-refractivity contribution is 0.102. The van der Waals surface area contributed by atoms with Crippen molar-refractivity contribution in [2.75, 3.05) is 5.32 Å². The van der Waals surface area contributed by atoms with Crippen LogP contribution in [0.4, 0.5) is 10.1 Å². The molecule has 0 fully saturated rings. The second-order valence-electron chi connectivity index (χ2n) is 7.25. The summed E-state index contributed by atoms with van der Waals surface area (Å²) >= 11 is 0. The number of amides is 1. The summed E-state index contributed by atoms with van der Waals surface area (Å²) in [6.07, 6.45) is 1.86. The second-order valence-corrected chi connectivity index (χ2v) is 7.25. The molecule has 0 unspecified atom stereocenters. The van der Waals surface area contributed by atoms with Crippen LogP contribution < -0.4 is 11.1 Å². The van der Waals surface area contributed by atoms with E-state index in [-0.39, 0.29) is 17.6 Å². The van der Waals surface area contributed by atoms with E-state index in [0.29, 0.717) is 22.5 Å². The van der Waals surface area contributed by atoms with Gasteiger partial charge in [0.1, 0.15) is 17.3 Å². The largest absolute Gasteiger partial charge is 0.384 e. The molecule has 0 radical (unpaired) electrons. The van der Waals surface area contributed by atoms with Crippen molar-refractivity contribution >= 4 is 17.4 Å². The number of aryl methyl sites for hydroxylation is 1. The first kappa shape index (κ1) is 20.1. The summed E-state index contributed by atoms with van der Waals surface area (Å²) in [5.74, 6) is -0.605. The highest BCUT2D eigenvalue weighted by atomic mass is 19.1. The highest BCUT2D eigenvalue weighted by Crippen LogP contribution is 2.25. The molecule has 4 aromatic rings. The molecule has 0 saturated heterocycles. The van der Waals surface area contributed by atoms with Gasteiger partial charge in [-0.2, -0.15) is 0 Å². The lowest BCUT2D eigenvalue weighted by Crippen LogP contribution is -2.16. The first-order valence-corrected chi connectivity index (χ1v) is 9.72. The number of carbonyl (C=O) groups excluding carboxylic acids is 1. The number of benzene rings is 3. The number of hydrogen-bond acceptors (Lipinski definition) is 2. The minimum Gasteiger partial charge on any atom is -0.384 e. The SMILES string of the molecule is Cc1cc(C(=O)Nc2ccc(-c3ccccc3F)cc2)n(-c2cccc(C(=N)N)c2)c1. The molecule has 154 valence electrons. The highest BCUT2D eigenvalue weighted by Gasteiger charge is 2.15. The van der Waals surface area contributed by atoms with Crippen molar-refractivity contribution < 1.29 is 9.18 Å². The van der Waals surface area contributed by atoms with Crippen LogP contribution >= 0.6 is 0 Å². The second kappa shape index (κ2) is 8.28. The zero-order valence-corrected chi connectivity index (χ0v) is 16.9. The fraction of sp³-hybridized carbons (Fsp3) is 0.0400. The molecule has 4 N–H and O–H groups in total. The quantitative estimate of drug-likeness (QED) is 0.314. The molecule has 0 aliphatic heterocycles. The van der Waals surface area contributed by atoms with Gasteiger partial charge in [-0.3, -0.25) is 10.2 Å². The Hall–Kier alpha value is -4.19. The van der Waals surface area contributed by atoms with E-state index in [4.69, 9.17) is 11.1 Å². The van der Waals surface area contributed by atoms with E-state index in [0.717, 1.165) is 16.8 Å². The van der Waals surface area contributed by atoms with Gasteiger partial charge in [0.2, 0.25) is 0 Å². The predicted molar refractivity (Wildman–Crippen MR) is 121 cm³/mol. The molecule has 1 heterocycles. The fourth-order valence-corrected chi connectivity index (χ4v) is 3.43. The number of nitrogens with zero attached hydrogens (tertiary/aromatic N) is 1. The van der Waals surface area contributed by atoms with Crippen molar-refractivity contribution in [2.24, 2.45) is 5.73 Å².